The van der Waals surface area contributed by atoms with Gasteiger partial charge in [0.05, 0.1) is 36.0 Å². The van der Waals surface area contributed by atoms with Crippen molar-refractivity contribution < 1.29 is 32.6 Å². The van der Waals surface area contributed by atoms with E-state index in [1.807, 2.05) is 0 Å². The molecule has 2 aromatic heterocycles. The third-order valence-electron chi connectivity index (χ3n) is 7.07. The number of H-pyrrole nitrogens is 1. The molecule has 1 saturated carbocycles. The Bertz CT molecular complexity index is 1130. The van der Waals surface area contributed by atoms with Gasteiger partial charge in [-0.3, -0.25) is 14.7 Å². The second kappa shape index (κ2) is 10.9. The summed E-state index contributed by atoms with van der Waals surface area (Å²) in [6, 6.07) is 2.97. The first-order valence-corrected chi connectivity index (χ1v) is 12.5. The number of nitrogens with zero attached hydrogens (tertiary/aromatic N) is 3. The van der Waals surface area contributed by atoms with Gasteiger partial charge in [-0.15, -0.1) is 0 Å². The first-order chi connectivity index (χ1) is 17.5. The maximum atomic E-state index is 13.0. The van der Waals surface area contributed by atoms with Gasteiger partial charge in [-0.1, -0.05) is 11.6 Å². The zero-order valence-electron chi connectivity index (χ0n) is 20.3. The van der Waals surface area contributed by atoms with Crippen molar-refractivity contribution in [1.29, 1.82) is 0 Å². The van der Waals surface area contributed by atoms with Gasteiger partial charge in [0.15, 0.2) is 0 Å². The smallest absolute Gasteiger partial charge is 0.391 e. The van der Waals surface area contributed by atoms with Crippen LogP contribution in [0, 0.1) is 5.92 Å². The number of amides is 2. The van der Waals surface area contributed by atoms with Crippen molar-refractivity contribution in [2.24, 2.45) is 5.92 Å². The summed E-state index contributed by atoms with van der Waals surface area (Å²) in [5, 5.41) is 20.4. The van der Waals surface area contributed by atoms with Crippen molar-refractivity contribution in [3.05, 3.63) is 29.0 Å². The van der Waals surface area contributed by atoms with E-state index in [2.05, 4.69) is 20.5 Å². The molecular weight excluding hydrogens is 515 g/mol. The molecule has 2 aromatic rings. The summed E-state index contributed by atoms with van der Waals surface area (Å²) in [5.74, 6) is -0.337. The topological polar surface area (TPSA) is 120 Å². The van der Waals surface area contributed by atoms with Gasteiger partial charge < -0.3 is 20.1 Å². The second-order valence-corrected chi connectivity index (χ2v) is 10.1. The van der Waals surface area contributed by atoms with E-state index >= 15 is 0 Å². The van der Waals surface area contributed by atoms with Crippen molar-refractivity contribution in [2.45, 2.75) is 62.8 Å². The van der Waals surface area contributed by atoms with E-state index in [1.165, 1.54) is 13.3 Å². The predicted octanol–water partition coefficient (Wildman–Crippen LogP) is 3.73. The molecule has 3 N–H and O–H groups in total. The molecule has 2 fully saturated rings. The summed E-state index contributed by atoms with van der Waals surface area (Å²) >= 11 is 6.22. The van der Waals surface area contributed by atoms with Crippen LogP contribution in [0.4, 0.5) is 13.2 Å². The lowest BCUT2D eigenvalue weighted by Gasteiger charge is -2.37. The maximum absolute atomic E-state index is 13.0. The van der Waals surface area contributed by atoms with Gasteiger partial charge >= 0.3 is 6.18 Å². The fourth-order valence-electron chi connectivity index (χ4n) is 4.98. The van der Waals surface area contributed by atoms with E-state index in [9.17, 15) is 27.9 Å². The molecule has 1 aliphatic heterocycles. The van der Waals surface area contributed by atoms with Crippen LogP contribution in [0.25, 0.3) is 11.3 Å². The SMILES string of the molecule is COc1cc(-c2cc(C(=O)N3CCC(C(=O)NC4CCC(O)(CC(F)(F)F)CC4)CC3)[nH]n2)c(Cl)cn1. The number of aromatic amines is 1. The zero-order valence-corrected chi connectivity index (χ0v) is 21.0. The number of halogens is 4. The molecule has 9 nitrogen and oxygen atoms in total. The van der Waals surface area contributed by atoms with Gasteiger partial charge in [-0.2, -0.15) is 18.3 Å². The molecule has 0 bridgehead atoms. The van der Waals surface area contributed by atoms with E-state index < -0.39 is 18.2 Å². The van der Waals surface area contributed by atoms with Gasteiger partial charge in [0.2, 0.25) is 11.8 Å². The summed E-state index contributed by atoms with van der Waals surface area (Å²) < 4.78 is 43.2. The summed E-state index contributed by atoms with van der Waals surface area (Å²) in [6.07, 6.45) is -2.69. The quantitative estimate of drug-likeness (QED) is 0.510. The fourth-order valence-corrected chi connectivity index (χ4v) is 5.18. The number of alkyl halides is 3. The van der Waals surface area contributed by atoms with Crippen molar-refractivity contribution in [3.8, 4) is 17.1 Å². The van der Waals surface area contributed by atoms with Crippen LogP contribution in [0.5, 0.6) is 5.88 Å². The molecule has 0 unspecified atom stereocenters. The Hall–Kier alpha value is -2.86. The van der Waals surface area contributed by atoms with E-state index in [0.717, 1.165) is 0 Å². The molecule has 1 saturated heterocycles. The lowest BCUT2D eigenvalue weighted by molar-refractivity contribution is -0.183. The maximum Gasteiger partial charge on any atom is 0.391 e. The van der Waals surface area contributed by atoms with Crippen LogP contribution in [-0.4, -0.2) is 75.0 Å². The van der Waals surface area contributed by atoms with Gasteiger partial charge in [-0.25, -0.2) is 4.98 Å². The fraction of sp³-hybridized carbons (Fsp3) is 0.583. The Morgan fingerprint density at radius 3 is 2.54 bits per heavy atom. The average molecular weight is 544 g/mol. The highest BCUT2D eigenvalue weighted by Gasteiger charge is 2.43. The largest absolute Gasteiger partial charge is 0.481 e. The Morgan fingerprint density at radius 2 is 1.92 bits per heavy atom. The molecule has 0 spiro atoms. The standard InChI is InChI=1S/C24H29ClF3N5O4/c1-37-20-10-16(17(25)12-29-20)18-11-19(32-31-18)22(35)33-8-4-14(5-9-33)21(34)30-15-2-6-23(36,7-3-15)13-24(26,27)28/h10-12,14-15,36H,2-9,13H2,1H3,(H,30,34)(H,31,32). The minimum atomic E-state index is -4.42. The average Bonchev–Trinajstić information content (AvgIpc) is 3.34. The van der Waals surface area contributed by atoms with Gasteiger partial charge in [0.1, 0.15) is 5.69 Å². The van der Waals surface area contributed by atoms with E-state index in [0.29, 0.717) is 66.6 Å². The number of carbonyl (C=O) groups is 2. The van der Waals surface area contributed by atoms with Crippen molar-refractivity contribution >= 4 is 23.4 Å². The highest BCUT2D eigenvalue weighted by Crippen LogP contribution is 2.38. The Balaban J connectivity index is 1.27. The van der Waals surface area contributed by atoms with Crippen LogP contribution in [0.15, 0.2) is 18.3 Å². The summed E-state index contributed by atoms with van der Waals surface area (Å²) in [7, 11) is 1.48. The molecular formula is C24H29ClF3N5O4. The molecule has 0 atom stereocenters. The molecule has 2 aliphatic rings. The molecule has 202 valence electrons. The summed E-state index contributed by atoms with van der Waals surface area (Å²) in [6.45, 7) is 0.760. The van der Waals surface area contributed by atoms with Crippen molar-refractivity contribution in [1.82, 2.24) is 25.4 Å². The number of likely N-dealkylation sites (tertiary alicyclic amines) is 1. The third-order valence-corrected chi connectivity index (χ3v) is 7.37. The van der Waals surface area contributed by atoms with Crippen LogP contribution >= 0.6 is 11.6 Å². The molecule has 37 heavy (non-hydrogen) atoms. The van der Waals surface area contributed by atoms with Gasteiger partial charge in [-0.05, 0) is 44.6 Å². The summed E-state index contributed by atoms with van der Waals surface area (Å²) in [4.78, 5) is 31.4. The van der Waals surface area contributed by atoms with Crippen LogP contribution in [0.3, 0.4) is 0 Å². The number of carbonyl (C=O) groups excluding carboxylic acids is 2. The number of aliphatic hydroxyl groups is 1. The first-order valence-electron chi connectivity index (χ1n) is 12.1. The number of pyridine rings is 1. The number of piperidine rings is 1. The highest BCUT2D eigenvalue weighted by molar-refractivity contribution is 6.33. The Morgan fingerprint density at radius 1 is 1.24 bits per heavy atom. The van der Waals surface area contributed by atoms with Crippen molar-refractivity contribution in [2.75, 3.05) is 20.2 Å². The molecule has 3 heterocycles. The van der Waals surface area contributed by atoms with Crippen LogP contribution in [-0.2, 0) is 4.79 Å². The zero-order chi connectivity index (χ0) is 26.8. The lowest BCUT2D eigenvalue weighted by Crippen LogP contribution is -2.48. The normalized spacial score (nSPS) is 23.1. The lowest BCUT2D eigenvalue weighted by atomic mass is 9.79. The van der Waals surface area contributed by atoms with E-state index in [4.69, 9.17) is 16.3 Å². The Kier molecular flexibility index (Phi) is 7.98. The van der Waals surface area contributed by atoms with Gasteiger partial charge in [0.25, 0.3) is 5.91 Å². The summed E-state index contributed by atoms with van der Waals surface area (Å²) in [5.41, 5.74) is -0.429. The number of rotatable bonds is 6. The number of aromatic nitrogens is 3. The number of hydrogen-bond acceptors (Lipinski definition) is 6. The first kappa shape index (κ1) is 27.2. The molecule has 13 heteroatoms. The predicted molar refractivity (Wildman–Crippen MR) is 128 cm³/mol. The minimum absolute atomic E-state index is 0.00589. The molecule has 0 radical (unpaired) electrons. The van der Waals surface area contributed by atoms with Crippen LogP contribution < -0.4 is 10.1 Å². The number of hydrogen-bond donors (Lipinski definition) is 3. The molecule has 4 rings (SSSR count). The van der Waals surface area contributed by atoms with Gasteiger partial charge in [0, 0.05) is 36.7 Å². The highest BCUT2D eigenvalue weighted by atomic mass is 35.5. The van der Waals surface area contributed by atoms with Crippen LogP contribution in [0.2, 0.25) is 5.02 Å². The monoisotopic (exact) mass is 543 g/mol. The molecule has 2 amide bonds. The number of ether oxygens (including phenoxy) is 1. The minimum Gasteiger partial charge on any atom is -0.481 e. The third kappa shape index (κ3) is 6.72. The van der Waals surface area contributed by atoms with Crippen molar-refractivity contribution in [3.63, 3.8) is 0 Å². The second-order valence-electron chi connectivity index (χ2n) is 9.74. The molecule has 1 aliphatic carbocycles. The molecule has 0 aromatic carbocycles. The van der Waals surface area contributed by atoms with E-state index in [-0.39, 0.29) is 36.6 Å². The van der Waals surface area contributed by atoms with E-state index in [1.54, 1.807) is 17.0 Å². The Labute approximate surface area is 216 Å². The van der Waals surface area contributed by atoms with Crippen LogP contribution in [0.1, 0.15) is 55.4 Å². The number of nitrogens with one attached hydrogen (secondary N) is 2. The number of methoxy groups -OCH3 is 1.